The number of thiocarbonyl (C=S) groups is 1. The summed E-state index contributed by atoms with van der Waals surface area (Å²) in [6.45, 7) is 6.91. The zero-order valence-electron chi connectivity index (χ0n) is 32.1. The second kappa shape index (κ2) is 17.9. The summed E-state index contributed by atoms with van der Waals surface area (Å²) in [5.74, 6) is -0.563. The first-order chi connectivity index (χ1) is 28.5. The molecule has 0 aliphatic heterocycles. The molecule has 0 saturated carbocycles. The van der Waals surface area contributed by atoms with Crippen LogP contribution in [0.2, 0.25) is 0 Å². The number of thiazole rings is 1. The largest absolute Gasteiger partial charge is 0.444 e. The van der Waals surface area contributed by atoms with E-state index in [0.29, 0.717) is 34.0 Å². The molecule has 0 saturated heterocycles. The predicted molar refractivity (Wildman–Crippen MR) is 235 cm³/mol. The number of anilines is 1. The standard InChI is InChI=1S/C47H35N3O7S2/c1-29(34-15-5-10-20-39(34)57-47(58)37-18-8-13-23-42(37)55-31(3)52)48-44(50(4)33-27-25-32(26-28-33)45-49-38-19-9-14-24-43(38)59-45)35-16-6-11-21-40(35)56-46(53)36-17-7-12-22-41(36)54-30(2)51/h5-28H,1H2,2-4H3. The lowest BCUT2D eigenvalue weighted by atomic mass is 10.1. The maximum atomic E-state index is 13.7. The zero-order chi connectivity index (χ0) is 41.5. The van der Waals surface area contributed by atoms with Crippen molar-refractivity contribution in [2.24, 2.45) is 4.99 Å². The maximum absolute atomic E-state index is 13.7. The van der Waals surface area contributed by atoms with Crippen molar-refractivity contribution in [3.8, 4) is 33.6 Å². The van der Waals surface area contributed by atoms with Gasteiger partial charge in [0.2, 0.25) is 5.05 Å². The minimum Gasteiger partial charge on any atom is -0.444 e. The second-order valence-electron chi connectivity index (χ2n) is 12.9. The monoisotopic (exact) mass is 817 g/mol. The van der Waals surface area contributed by atoms with Crippen LogP contribution in [0.15, 0.2) is 157 Å². The summed E-state index contributed by atoms with van der Waals surface area (Å²) in [5.41, 5.74) is 4.39. The van der Waals surface area contributed by atoms with Crippen LogP contribution < -0.4 is 23.8 Å². The van der Waals surface area contributed by atoms with Gasteiger partial charge in [0.1, 0.15) is 39.4 Å². The summed E-state index contributed by atoms with van der Waals surface area (Å²) in [4.78, 5) is 49.1. The summed E-state index contributed by atoms with van der Waals surface area (Å²) in [6.07, 6.45) is 0. The van der Waals surface area contributed by atoms with E-state index in [2.05, 4.69) is 6.58 Å². The maximum Gasteiger partial charge on any atom is 0.347 e. The number of rotatable bonds is 11. The number of hydrogen-bond donors (Lipinski definition) is 0. The molecule has 0 aliphatic carbocycles. The van der Waals surface area contributed by atoms with Crippen LogP contribution in [0, 0.1) is 0 Å². The van der Waals surface area contributed by atoms with Crippen molar-refractivity contribution in [3.63, 3.8) is 0 Å². The van der Waals surface area contributed by atoms with Crippen molar-refractivity contribution in [1.82, 2.24) is 4.98 Å². The highest BCUT2D eigenvalue weighted by Crippen LogP contribution is 2.34. The third kappa shape index (κ3) is 9.31. The van der Waals surface area contributed by atoms with Crippen molar-refractivity contribution in [2.75, 3.05) is 11.9 Å². The highest BCUT2D eigenvalue weighted by Gasteiger charge is 2.23. The lowest BCUT2D eigenvalue weighted by Crippen LogP contribution is -2.28. The van der Waals surface area contributed by atoms with E-state index in [1.165, 1.54) is 26.0 Å². The highest BCUT2D eigenvalue weighted by atomic mass is 32.1. The number of nitrogens with zero attached hydrogens (tertiary/aromatic N) is 3. The minimum absolute atomic E-state index is 0.0662. The molecular formula is C47H35N3O7S2. The quantitative estimate of drug-likeness (QED) is 0.0411. The van der Waals surface area contributed by atoms with Gasteiger partial charge < -0.3 is 23.8 Å². The number of esters is 3. The van der Waals surface area contributed by atoms with E-state index < -0.39 is 17.9 Å². The molecule has 7 rings (SSSR count). The van der Waals surface area contributed by atoms with Gasteiger partial charge in [-0.2, -0.15) is 0 Å². The Bertz CT molecular complexity index is 2740. The Morgan fingerprint density at radius 2 is 1.10 bits per heavy atom. The van der Waals surface area contributed by atoms with Crippen LogP contribution in [0.4, 0.5) is 5.69 Å². The Morgan fingerprint density at radius 1 is 0.610 bits per heavy atom. The SMILES string of the molecule is C=C(N=C(c1ccccc1OC(=O)c1ccccc1OC(C)=O)N(C)c1ccc(-c2nc3ccccc3s2)cc1)c1ccccc1OC(=S)c1ccccc1OC(C)=O. The highest BCUT2D eigenvalue weighted by molar-refractivity contribution is 7.80. The number of carbonyl (C=O) groups excluding carboxylic acids is 3. The fraction of sp³-hybridized carbons (Fsp3) is 0.0638. The third-order valence-electron chi connectivity index (χ3n) is 8.81. The summed E-state index contributed by atoms with van der Waals surface area (Å²) >= 11 is 7.30. The van der Waals surface area contributed by atoms with Gasteiger partial charge in [-0.1, -0.05) is 67.2 Å². The predicted octanol–water partition coefficient (Wildman–Crippen LogP) is 10.3. The molecule has 7 aromatic rings. The molecule has 59 heavy (non-hydrogen) atoms. The number of hydrogen-bond acceptors (Lipinski definition) is 11. The number of aliphatic imine (C=N–C) groups is 1. The number of fused-ring (bicyclic) bond motifs is 1. The Labute approximate surface area is 349 Å². The lowest BCUT2D eigenvalue weighted by molar-refractivity contribution is -0.132. The average Bonchev–Trinajstić information content (AvgIpc) is 3.68. The molecule has 1 heterocycles. The van der Waals surface area contributed by atoms with Crippen molar-refractivity contribution in [1.29, 1.82) is 0 Å². The first-order valence-electron chi connectivity index (χ1n) is 18.2. The summed E-state index contributed by atoms with van der Waals surface area (Å²) < 4.78 is 24.0. The zero-order valence-corrected chi connectivity index (χ0v) is 33.7. The van der Waals surface area contributed by atoms with Crippen LogP contribution >= 0.6 is 23.6 Å². The van der Waals surface area contributed by atoms with Crippen molar-refractivity contribution < 1.29 is 33.3 Å². The molecule has 0 aliphatic rings. The van der Waals surface area contributed by atoms with Gasteiger partial charge >= 0.3 is 17.9 Å². The van der Waals surface area contributed by atoms with E-state index in [-0.39, 0.29) is 27.9 Å². The van der Waals surface area contributed by atoms with Gasteiger partial charge in [0, 0.05) is 37.7 Å². The number of para-hydroxylation sites is 5. The summed E-state index contributed by atoms with van der Waals surface area (Å²) in [6, 6.07) is 43.2. The first kappa shape index (κ1) is 39.9. The van der Waals surface area contributed by atoms with E-state index in [4.69, 9.17) is 41.1 Å². The van der Waals surface area contributed by atoms with Crippen molar-refractivity contribution >= 4 is 73.9 Å². The Hall–Kier alpha value is -7.28. The molecular weight excluding hydrogens is 783 g/mol. The van der Waals surface area contributed by atoms with Crippen LogP contribution in [0.3, 0.4) is 0 Å². The molecule has 292 valence electrons. The van der Waals surface area contributed by atoms with E-state index >= 15 is 0 Å². The van der Waals surface area contributed by atoms with Gasteiger partial charge in [0.25, 0.3) is 0 Å². The molecule has 0 atom stereocenters. The van der Waals surface area contributed by atoms with Gasteiger partial charge in [-0.25, -0.2) is 14.8 Å². The Balaban J connectivity index is 1.27. The van der Waals surface area contributed by atoms with Crippen LogP contribution in [-0.2, 0) is 9.59 Å². The van der Waals surface area contributed by atoms with E-state index in [9.17, 15) is 14.4 Å². The Morgan fingerprint density at radius 3 is 1.71 bits per heavy atom. The molecule has 0 unspecified atom stereocenters. The van der Waals surface area contributed by atoms with Crippen molar-refractivity contribution in [2.45, 2.75) is 13.8 Å². The van der Waals surface area contributed by atoms with Crippen LogP contribution in [0.5, 0.6) is 23.0 Å². The smallest absolute Gasteiger partial charge is 0.347 e. The van der Waals surface area contributed by atoms with E-state index in [1.807, 2.05) is 66.5 Å². The topological polar surface area (TPSA) is 117 Å². The minimum atomic E-state index is -0.739. The van der Waals surface area contributed by atoms with E-state index in [0.717, 1.165) is 26.5 Å². The van der Waals surface area contributed by atoms with Gasteiger partial charge in [-0.3, -0.25) is 9.59 Å². The number of ether oxygens (including phenoxy) is 4. The molecule has 1 aromatic heterocycles. The number of carbonyl (C=O) groups is 3. The first-order valence-corrected chi connectivity index (χ1v) is 19.4. The summed E-state index contributed by atoms with van der Waals surface area (Å²) in [5, 5.41) is 0.960. The van der Waals surface area contributed by atoms with Gasteiger partial charge in [-0.05, 0) is 97.1 Å². The number of benzene rings is 6. The van der Waals surface area contributed by atoms with Crippen LogP contribution in [0.1, 0.15) is 40.9 Å². The van der Waals surface area contributed by atoms with Crippen LogP contribution in [-0.4, -0.2) is 40.8 Å². The van der Waals surface area contributed by atoms with Crippen molar-refractivity contribution in [3.05, 3.63) is 174 Å². The molecule has 0 spiro atoms. The molecule has 6 aromatic carbocycles. The fourth-order valence-electron chi connectivity index (χ4n) is 6.05. The van der Waals surface area contributed by atoms with Gasteiger partial charge in [0.15, 0.2) is 0 Å². The molecule has 0 fully saturated rings. The molecule has 0 bridgehead atoms. The molecule has 12 heteroatoms. The number of aromatic nitrogens is 1. The van der Waals surface area contributed by atoms with Gasteiger partial charge in [-0.15, -0.1) is 11.3 Å². The molecule has 0 radical (unpaired) electrons. The molecule has 10 nitrogen and oxygen atoms in total. The third-order valence-corrected chi connectivity index (χ3v) is 10.2. The second-order valence-corrected chi connectivity index (χ2v) is 14.3. The van der Waals surface area contributed by atoms with Gasteiger partial charge in [0.05, 0.1) is 27.0 Å². The molecule has 0 amide bonds. The lowest BCUT2D eigenvalue weighted by Gasteiger charge is -2.24. The normalized spacial score (nSPS) is 11.1. The average molecular weight is 818 g/mol. The fourth-order valence-corrected chi connectivity index (χ4v) is 7.28. The summed E-state index contributed by atoms with van der Waals surface area (Å²) in [7, 11) is 1.84. The van der Waals surface area contributed by atoms with E-state index in [1.54, 1.807) is 90.2 Å². The number of amidine groups is 1. The molecule has 0 N–H and O–H groups in total. The van der Waals surface area contributed by atoms with Crippen LogP contribution in [0.25, 0.3) is 26.5 Å². The Kier molecular flexibility index (Phi) is 12.1.